The van der Waals surface area contributed by atoms with E-state index in [0.717, 1.165) is 31.2 Å². The van der Waals surface area contributed by atoms with Crippen LogP contribution < -0.4 is 15.8 Å². The lowest BCUT2D eigenvalue weighted by atomic mass is 9.52. The van der Waals surface area contributed by atoms with Gasteiger partial charge in [-0.15, -0.1) is 0 Å². The van der Waals surface area contributed by atoms with Gasteiger partial charge in [0, 0.05) is 12.2 Å². The minimum absolute atomic E-state index is 0.0449. The number of pyridine rings is 1. The number of hydrogen-bond donors (Lipinski definition) is 2. The van der Waals surface area contributed by atoms with Crippen LogP contribution in [0, 0.1) is 5.41 Å². The van der Waals surface area contributed by atoms with Gasteiger partial charge in [-0.3, -0.25) is 14.5 Å². The molecule has 1 aromatic carbocycles. The maximum absolute atomic E-state index is 13.1. The highest BCUT2D eigenvalue weighted by molar-refractivity contribution is 6.04. The Hall–Kier alpha value is -3.42. The minimum atomic E-state index is -0.565. The number of nitrogens with one attached hydrogen (secondary N) is 1. The molecular formula is C26H30N4O4. The second-order valence-electron chi connectivity index (χ2n) is 10.6. The first-order valence-electron chi connectivity index (χ1n) is 11.8. The van der Waals surface area contributed by atoms with Crippen LogP contribution in [0.4, 0.5) is 4.79 Å². The number of primary amides is 1. The molecule has 1 atom stereocenters. The van der Waals surface area contributed by atoms with Gasteiger partial charge in [0.2, 0.25) is 5.88 Å². The Balaban J connectivity index is 1.16. The molecule has 178 valence electrons. The second-order valence-corrected chi connectivity index (χ2v) is 10.6. The Morgan fingerprint density at radius 3 is 2.53 bits per heavy atom. The van der Waals surface area contributed by atoms with Gasteiger partial charge < -0.3 is 15.8 Å². The standard InChI is InChI=1S/C26H30N4O4/c1-25(2,16-7-4-3-5-8-16)15-20-23(32)30(24(33)29-20)17-11-26(12-17)13-18(14-26)34-22-19(21(27)31)9-6-10-28-22/h3-10,17-18,20H,11-15H2,1-2H3,(H2,27,31)(H,29,33). The third-order valence-corrected chi connectivity index (χ3v) is 7.66. The first-order valence-corrected chi connectivity index (χ1v) is 11.8. The molecule has 3 fully saturated rings. The summed E-state index contributed by atoms with van der Waals surface area (Å²) in [5, 5.41) is 2.91. The van der Waals surface area contributed by atoms with Crippen LogP contribution in [0.3, 0.4) is 0 Å². The Morgan fingerprint density at radius 2 is 1.85 bits per heavy atom. The van der Waals surface area contributed by atoms with Gasteiger partial charge in [0.25, 0.3) is 11.8 Å². The lowest BCUT2D eigenvalue weighted by Crippen LogP contribution is -2.60. The molecule has 1 unspecified atom stereocenters. The average Bonchev–Trinajstić information content (AvgIpc) is 3.02. The molecule has 0 bridgehead atoms. The van der Waals surface area contributed by atoms with Gasteiger partial charge in [-0.2, -0.15) is 0 Å². The fraction of sp³-hybridized carbons (Fsp3) is 0.462. The van der Waals surface area contributed by atoms with Crippen molar-refractivity contribution in [3.05, 3.63) is 59.8 Å². The van der Waals surface area contributed by atoms with Crippen molar-refractivity contribution in [2.45, 2.75) is 69.6 Å². The monoisotopic (exact) mass is 462 g/mol. The number of ether oxygens (including phenoxy) is 1. The molecule has 2 saturated carbocycles. The largest absolute Gasteiger partial charge is 0.474 e. The van der Waals surface area contributed by atoms with Gasteiger partial charge in [0.15, 0.2) is 0 Å². The van der Waals surface area contributed by atoms with Gasteiger partial charge >= 0.3 is 6.03 Å². The van der Waals surface area contributed by atoms with Crippen molar-refractivity contribution >= 4 is 17.8 Å². The van der Waals surface area contributed by atoms with Crippen LogP contribution in [-0.4, -0.2) is 45.9 Å². The summed E-state index contributed by atoms with van der Waals surface area (Å²) in [6, 6.07) is 12.5. The number of aromatic nitrogens is 1. The number of carbonyl (C=O) groups is 3. The Bertz CT molecular complexity index is 1120. The molecule has 3 aliphatic rings. The van der Waals surface area contributed by atoms with Crippen LogP contribution >= 0.6 is 0 Å². The van der Waals surface area contributed by atoms with Crippen LogP contribution in [0.15, 0.2) is 48.7 Å². The van der Waals surface area contributed by atoms with Crippen LogP contribution in [0.2, 0.25) is 0 Å². The van der Waals surface area contributed by atoms with E-state index in [9.17, 15) is 14.4 Å². The molecule has 3 N–H and O–H groups in total. The average molecular weight is 463 g/mol. The molecule has 8 heteroatoms. The van der Waals surface area contributed by atoms with E-state index in [4.69, 9.17) is 10.5 Å². The van der Waals surface area contributed by atoms with E-state index in [1.54, 1.807) is 18.3 Å². The van der Waals surface area contributed by atoms with Crippen LogP contribution in [0.5, 0.6) is 5.88 Å². The van der Waals surface area contributed by atoms with E-state index in [1.165, 1.54) is 4.90 Å². The number of urea groups is 1. The first kappa shape index (κ1) is 22.4. The lowest BCUT2D eigenvalue weighted by Gasteiger charge is -2.58. The number of benzene rings is 1. The number of imide groups is 1. The third kappa shape index (κ3) is 3.91. The van der Waals surface area contributed by atoms with E-state index in [0.29, 0.717) is 6.42 Å². The fourth-order valence-corrected chi connectivity index (χ4v) is 5.83. The quantitative estimate of drug-likeness (QED) is 0.614. The van der Waals surface area contributed by atoms with Crippen molar-refractivity contribution in [2.24, 2.45) is 11.1 Å². The predicted molar refractivity (Wildman–Crippen MR) is 125 cm³/mol. The van der Waals surface area contributed by atoms with Gasteiger partial charge in [0.1, 0.15) is 17.7 Å². The fourth-order valence-electron chi connectivity index (χ4n) is 5.83. The number of nitrogens with two attached hydrogens (primary N) is 1. The maximum atomic E-state index is 13.1. The number of rotatable bonds is 7. The molecule has 1 spiro atoms. The van der Waals surface area contributed by atoms with E-state index in [-0.39, 0.29) is 46.4 Å². The molecule has 2 aromatic rings. The number of carbonyl (C=O) groups excluding carboxylic acids is 3. The van der Waals surface area contributed by atoms with Crippen LogP contribution in [-0.2, 0) is 10.2 Å². The summed E-state index contributed by atoms with van der Waals surface area (Å²) < 4.78 is 5.92. The van der Waals surface area contributed by atoms with Crippen molar-refractivity contribution in [1.29, 1.82) is 0 Å². The summed E-state index contributed by atoms with van der Waals surface area (Å²) in [6.45, 7) is 4.20. The SMILES string of the molecule is CC(C)(CC1NC(=O)N(C2CC3(CC(Oc4ncccc4C(N)=O)C3)C2)C1=O)c1ccccc1. The number of nitrogens with zero attached hydrogens (tertiary/aromatic N) is 2. The molecule has 0 radical (unpaired) electrons. The molecule has 2 aliphatic carbocycles. The Morgan fingerprint density at radius 1 is 1.15 bits per heavy atom. The van der Waals surface area contributed by atoms with Crippen molar-refractivity contribution in [1.82, 2.24) is 15.2 Å². The topological polar surface area (TPSA) is 115 Å². The van der Waals surface area contributed by atoms with E-state index in [2.05, 4.69) is 36.3 Å². The molecule has 2 heterocycles. The van der Waals surface area contributed by atoms with Crippen molar-refractivity contribution in [2.75, 3.05) is 0 Å². The Kier molecular flexibility index (Phi) is 5.34. The molecular weight excluding hydrogens is 432 g/mol. The third-order valence-electron chi connectivity index (χ3n) is 7.66. The highest BCUT2D eigenvalue weighted by Gasteiger charge is 2.58. The maximum Gasteiger partial charge on any atom is 0.325 e. The van der Waals surface area contributed by atoms with Gasteiger partial charge in [-0.1, -0.05) is 44.2 Å². The summed E-state index contributed by atoms with van der Waals surface area (Å²) in [5.74, 6) is -0.423. The van der Waals surface area contributed by atoms with Crippen molar-refractivity contribution in [3.8, 4) is 5.88 Å². The molecule has 34 heavy (non-hydrogen) atoms. The van der Waals surface area contributed by atoms with Crippen molar-refractivity contribution in [3.63, 3.8) is 0 Å². The molecule has 5 rings (SSSR count). The summed E-state index contributed by atoms with van der Waals surface area (Å²) in [6.07, 6.45) is 5.27. The molecule has 4 amide bonds. The normalized spacial score (nSPS) is 28.3. The second kappa shape index (κ2) is 8.11. The smallest absolute Gasteiger partial charge is 0.325 e. The minimum Gasteiger partial charge on any atom is -0.474 e. The van der Waals surface area contributed by atoms with Crippen molar-refractivity contribution < 1.29 is 19.1 Å². The van der Waals surface area contributed by atoms with Gasteiger partial charge in [0.05, 0.1) is 0 Å². The summed E-state index contributed by atoms with van der Waals surface area (Å²) in [7, 11) is 0. The number of amides is 4. The Labute approximate surface area is 198 Å². The molecule has 1 aliphatic heterocycles. The summed E-state index contributed by atoms with van der Waals surface area (Å²) in [5.41, 5.74) is 6.67. The van der Waals surface area contributed by atoms with E-state index < -0.39 is 11.9 Å². The lowest BCUT2D eigenvalue weighted by molar-refractivity contribution is -0.141. The number of hydrogen-bond acceptors (Lipinski definition) is 5. The van der Waals surface area contributed by atoms with E-state index in [1.807, 2.05) is 18.2 Å². The highest BCUT2D eigenvalue weighted by atomic mass is 16.5. The highest BCUT2D eigenvalue weighted by Crippen LogP contribution is 2.58. The van der Waals surface area contributed by atoms with Gasteiger partial charge in [-0.05, 0) is 60.6 Å². The van der Waals surface area contributed by atoms with E-state index >= 15 is 0 Å². The van der Waals surface area contributed by atoms with Crippen LogP contribution in [0.25, 0.3) is 0 Å². The molecule has 8 nitrogen and oxygen atoms in total. The summed E-state index contributed by atoms with van der Waals surface area (Å²) >= 11 is 0. The molecule has 1 aromatic heterocycles. The zero-order valence-corrected chi connectivity index (χ0v) is 19.5. The predicted octanol–water partition coefficient (Wildman–Crippen LogP) is 3.16. The van der Waals surface area contributed by atoms with Crippen LogP contribution in [0.1, 0.15) is 61.9 Å². The zero-order chi connectivity index (χ0) is 24.1. The van der Waals surface area contributed by atoms with Gasteiger partial charge in [-0.25, -0.2) is 9.78 Å². The first-order chi connectivity index (χ1) is 16.2. The zero-order valence-electron chi connectivity index (χ0n) is 19.5. The molecule has 1 saturated heterocycles. The summed E-state index contributed by atoms with van der Waals surface area (Å²) in [4.78, 5) is 43.0.